The number of hydrogen-bond acceptors (Lipinski definition) is 5. The third kappa shape index (κ3) is 3.10. The third-order valence-corrected chi connectivity index (χ3v) is 4.90. The highest BCUT2D eigenvalue weighted by Crippen LogP contribution is 2.35. The van der Waals surface area contributed by atoms with Gasteiger partial charge in [-0.15, -0.1) is 0 Å². The normalized spacial score (nSPS) is 31.0. The van der Waals surface area contributed by atoms with Gasteiger partial charge < -0.3 is 14.6 Å². The lowest BCUT2D eigenvalue weighted by Crippen LogP contribution is -2.45. The number of methoxy groups -OCH3 is 1. The molecule has 0 radical (unpaired) electrons. The highest BCUT2D eigenvalue weighted by molar-refractivity contribution is 5.72. The van der Waals surface area contributed by atoms with Gasteiger partial charge in [-0.2, -0.15) is 0 Å². The van der Waals surface area contributed by atoms with Crippen molar-refractivity contribution in [3.63, 3.8) is 0 Å². The molecule has 5 heteroatoms. The second-order valence-electron chi connectivity index (χ2n) is 6.30. The molecule has 2 fully saturated rings. The zero-order valence-electron chi connectivity index (χ0n) is 13.1. The van der Waals surface area contributed by atoms with Gasteiger partial charge in [0.1, 0.15) is 11.9 Å². The van der Waals surface area contributed by atoms with Gasteiger partial charge in [-0.25, -0.2) is 0 Å². The Kier molecular flexibility index (Phi) is 4.36. The first-order valence-electron chi connectivity index (χ1n) is 7.79. The molecule has 2 saturated heterocycles. The number of ether oxygens (including phenoxy) is 2. The molecule has 3 rings (SSSR count). The number of carbonyl (C=O) groups is 1. The Morgan fingerprint density at radius 2 is 2.00 bits per heavy atom. The van der Waals surface area contributed by atoms with Gasteiger partial charge in [0, 0.05) is 24.9 Å². The van der Waals surface area contributed by atoms with E-state index in [1.165, 1.54) is 0 Å². The molecule has 0 aliphatic carbocycles. The van der Waals surface area contributed by atoms with Crippen LogP contribution in [0.5, 0.6) is 5.75 Å². The number of benzene rings is 1. The van der Waals surface area contributed by atoms with Gasteiger partial charge in [0.15, 0.2) is 0 Å². The summed E-state index contributed by atoms with van der Waals surface area (Å²) in [5.74, 6) is 0.576. The van der Waals surface area contributed by atoms with Crippen molar-refractivity contribution in [1.82, 2.24) is 4.90 Å². The van der Waals surface area contributed by atoms with Crippen LogP contribution >= 0.6 is 0 Å². The van der Waals surface area contributed by atoms with Crippen LogP contribution in [0.1, 0.15) is 24.8 Å². The van der Waals surface area contributed by atoms with E-state index < -0.39 is 0 Å². The van der Waals surface area contributed by atoms with E-state index in [-0.39, 0.29) is 30.6 Å². The summed E-state index contributed by atoms with van der Waals surface area (Å²) in [5, 5.41) is 10.0. The average Bonchev–Trinajstić information content (AvgIpc) is 2.67. The monoisotopic (exact) mass is 305 g/mol. The molecule has 4 unspecified atom stereocenters. The van der Waals surface area contributed by atoms with Crippen LogP contribution in [0.25, 0.3) is 0 Å². The van der Waals surface area contributed by atoms with Crippen molar-refractivity contribution in [1.29, 1.82) is 0 Å². The summed E-state index contributed by atoms with van der Waals surface area (Å²) in [5.41, 5.74) is 0.918. The van der Waals surface area contributed by atoms with E-state index >= 15 is 0 Å². The molecule has 1 aromatic carbocycles. The molecule has 4 atom stereocenters. The fourth-order valence-electron chi connectivity index (χ4n) is 3.63. The topological polar surface area (TPSA) is 59.0 Å². The van der Waals surface area contributed by atoms with Crippen LogP contribution in [0.15, 0.2) is 24.3 Å². The Balaban J connectivity index is 1.54. The van der Waals surface area contributed by atoms with Crippen molar-refractivity contribution in [2.45, 2.75) is 50.0 Å². The van der Waals surface area contributed by atoms with Crippen LogP contribution in [0.3, 0.4) is 0 Å². The number of carbonyl (C=O) groups excluding carboxylic acids is 1. The lowest BCUT2D eigenvalue weighted by molar-refractivity contribution is -0.151. The number of aliphatic hydroxyl groups excluding tert-OH is 1. The average molecular weight is 305 g/mol. The third-order valence-electron chi connectivity index (χ3n) is 4.90. The number of esters is 1. The molecule has 2 aliphatic rings. The highest BCUT2D eigenvalue weighted by atomic mass is 16.5. The molecule has 2 aliphatic heterocycles. The van der Waals surface area contributed by atoms with Gasteiger partial charge in [-0.05, 0) is 31.2 Å². The molecule has 2 heterocycles. The molecule has 1 N–H and O–H groups in total. The predicted molar refractivity (Wildman–Crippen MR) is 81.8 cm³/mol. The molecule has 2 bridgehead atoms. The Labute approximate surface area is 130 Å². The summed E-state index contributed by atoms with van der Waals surface area (Å²) in [7, 11) is 3.66. The lowest BCUT2D eigenvalue weighted by Gasteiger charge is -2.36. The van der Waals surface area contributed by atoms with Crippen molar-refractivity contribution in [2.75, 3.05) is 14.2 Å². The van der Waals surface area contributed by atoms with Crippen molar-refractivity contribution in [3.8, 4) is 5.75 Å². The standard InChI is InChI=1S/C17H23NO4/c1-18-12-8-14(10-15(18)16(19)9-12)22-17(20)7-11-3-5-13(21-2)6-4-11/h3-6,12,14-16,19H,7-10H2,1-2H3. The van der Waals surface area contributed by atoms with E-state index in [1.54, 1.807) is 7.11 Å². The maximum absolute atomic E-state index is 12.1. The van der Waals surface area contributed by atoms with Crippen LogP contribution < -0.4 is 4.74 Å². The van der Waals surface area contributed by atoms with Gasteiger partial charge in [0.25, 0.3) is 0 Å². The van der Waals surface area contributed by atoms with E-state index in [2.05, 4.69) is 4.90 Å². The molecular formula is C17H23NO4. The number of nitrogens with zero attached hydrogens (tertiary/aromatic N) is 1. The molecule has 22 heavy (non-hydrogen) atoms. The Morgan fingerprint density at radius 3 is 2.64 bits per heavy atom. The van der Waals surface area contributed by atoms with E-state index in [9.17, 15) is 9.90 Å². The number of aliphatic hydroxyl groups is 1. The minimum Gasteiger partial charge on any atom is -0.497 e. The van der Waals surface area contributed by atoms with E-state index in [1.807, 2.05) is 31.3 Å². The van der Waals surface area contributed by atoms with Gasteiger partial charge in [-0.3, -0.25) is 9.69 Å². The zero-order valence-corrected chi connectivity index (χ0v) is 13.1. The SMILES string of the molecule is COc1ccc(CC(=O)OC2CC3CC(O)C(C2)N3C)cc1. The smallest absolute Gasteiger partial charge is 0.310 e. The first-order valence-corrected chi connectivity index (χ1v) is 7.79. The number of hydrogen-bond donors (Lipinski definition) is 1. The molecule has 0 aromatic heterocycles. The van der Waals surface area contributed by atoms with Crippen LogP contribution in [-0.2, 0) is 16.0 Å². The number of rotatable bonds is 4. The summed E-state index contributed by atoms with van der Waals surface area (Å²) < 4.78 is 10.7. The quantitative estimate of drug-likeness (QED) is 0.852. The largest absolute Gasteiger partial charge is 0.497 e. The molecule has 0 saturated carbocycles. The van der Waals surface area contributed by atoms with Crippen molar-refractivity contribution in [2.24, 2.45) is 0 Å². The van der Waals surface area contributed by atoms with Crippen molar-refractivity contribution >= 4 is 5.97 Å². The van der Waals surface area contributed by atoms with Gasteiger partial charge >= 0.3 is 5.97 Å². The van der Waals surface area contributed by atoms with Gasteiger partial charge in [0.05, 0.1) is 19.6 Å². The van der Waals surface area contributed by atoms with Crippen LogP contribution in [0.4, 0.5) is 0 Å². The Morgan fingerprint density at radius 1 is 1.27 bits per heavy atom. The zero-order chi connectivity index (χ0) is 15.7. The fraction of sp³-hybridized carbons (Fsp3) is 0.588. The Bertz CT molecular complexity index is 530. The van der Waals surface area contributed by atoms with Crippen LogP contribution in [0, 0.1) is 0 Å². The predicted octanol–water partition coefficient (Wildman–Crippen LogP) is 1.38. The van der Waals surface area contributed by atoms with Gasteiger partial charge in [0.2, 0.25) is 0 Å². The lowest BCUT2D eigenvalue weighted by atomic mass is 10.00. The number of fused-ring (bicyclic) bond motifs is 2. The van der Waals surface area contributed by atoms with E-state index in [4.69, 9.17) is 9.47 Å². The Hall–Kier alpha value is -1.59. The number of piperidine rings is 1. The summed E-state index contributed by atoms with van der Waals surface area (Å²) in [6, 6.07) is 7.89. The summed E-state index contributed by atoms with van der Waals surface area (Å²) in [4.78, 5) is 14.3. The minimum atomic E-state index is -0.291. The first kappa shape index (κ1) is 15.3. The maximum Gasteiger partial charge on any atom is 0.310 e. The summed E-state index contributed by atoms with van der Waals surface area (Å²) in [6.45, 7) is 0. The molecule has 0 spiro atoms. The first-order chi connectivity index (χ1) is 10.6. The molecular weight excluding hydrogens is 282 g/mol. The molecule has 120 valence electrons. The van der Waals surface area contributed by atoms with Crippen LogP contribution in [0.2, 0.25) is 0 Å². The maximum atomic E-state index is 12.1. The van der Waals surface area contributed by atoms with E-state index in [0.29, 0.717) is 6.04 Å². The molecule has 0 amide bonds. The molecule has 5 nitrogen and oxygen atoms in total. The summed E-state index contributed by atoms with van der Waals surface area (Å²) in [6.07, 6.45) is 2.23. The number of likely N-dealkylation sites (N-methyl/N-ethyl adjacent to an activating group) is 1. The van der Waals surface area contributed by atoms with Gasteiger partial charge in [-0.1, -0.05) is 12.1 Å². The second-order valence-corrected chi connectivity index (χ2v) is 6.30. The second kappa shape index (κ2) is 6.26. The summed E-state index contributed by atoms with van der Waals surface area (Å²) >= 11 is 0. The van der Waals surface area contributed by atoms with Crippen LogP contribution in [-0.4, -0.2) is 54.4 Å². The van der Waals surface area contributed by atoms with Crippen molar-refractivity contribution in [3.05, 3.63) is 29.8 Å². The van der Waals surface area contributed by atoms with Crippen molar-refractivity contribution < 1.29 is 19.4 Å². The fourth-order valence-corrected chi connectivity index (χ4v) is 3.63. The molecule has 1 aromatic rings. The highest BCUT2D eigenvalue weighted by Gasteiger charge is 2.45. The van der Waals surface area contributed by atoms with E-state index in [0.717, 1.165) is 30.6 Å². The minimum absolute atomic E-state index is 0.0749.